The predicted molar refractivity (Wildman–Crippen MR) is 96.9 cm³/mol. The highest BCUT2D eigenvalue weighted by Crippen LogP contribution is 2.38. The second-order valence-electron chi connectivity index (χ2n) is 5.78. The maximum absolute atomic E-state index is 11.5. The lowest BCUT2D eigenvalue weighted by Gasteiger charge is -2.09. The van der Waals surface area contributed by atoms with Crippen LogP contribution in [0.15, 0.2) is 57.9 Å². The van der Waals surface area contributed by atoms with Crippen molar-refractivity contribution >= 4 is 22.6 Å². The van der Waals surface area contributed by atoms with Crippen molar-refractivity contribution < 1.29 is 9.52 Å². The van der Waals surface area contributed by atoms with E-state index >= 15 is 0 Å². The minimum Gasteiger partial charge on any atom is -0.507 e. The van der Waals surface area contributed by atoms with Gasteiger partial charge in [0, 0.05) is 33.7 Å². The fourth-order valence-electron chi connectivity index (χ4n) is 2.89. The second kappa shape index (κ2) is 5.79. The zero-order valence-electron chi connectivity index (χ0n) is 13.2. The van der Waals surface area contributed by atoms with Crippen LogP contribution in [0, 0.1) is 6.92 Å². The molecule has 0 saturated carbocycles. The Balaban J connectivity index is 1.94. The van der Waals surface area contributed by atoms with Gasteiger partial charge in [0.05, 0.1) is 11.9 Å². The fraction of sp³-hybridized carbons (Fsp3) is 0.0526. The lowest BCUT2D eigenvalue weighted by Crippen LogP contribution is -1.98. The van der Waals surface area contributed by atoms with Crippen molar-refractivity contribution in [2.24, 2.45) is 0 Å². The summed E-state index contributed by atoms with van der Waals surface area (Å²) in [5.41, 5.74) is 3.68. The van der Waals surface area contributed by atoms with Gasteiger partial charge in [-0.15, -0.1) is 0 Å². The molecule has 0 saturated heterocycles. The van der Waals surface area contributed by atoms with E-state index in [-0.39, 0.29) is 5.75 Å². The van der Waals surface area contributed by atoms with Crippen LogP contribution >= 0.6 is 11.6 Å². The number of benzene rings is 2. The third kappa shape index (κ3) is 2.68. The zero-order chi connectivity index (χ0) is 17.6. The van der Waals surface area contributed by atoms with Gasteiger partial charge in [-0.25, -0.2) is 4.79 Å². The first-order valence-electron chi connectivity index (χ1n) is 7.60. The van der Waals surface area contributed by atoms with Crippen LogP contribution in [0.2, 0.25) is 5.02 Å². The van der Waals surface area contributed by atoms with E-state index in [1.165, 1.54) is 12.1 Å². The fourth-order valence-corrected chi connectivity index (χ4v) is 3.02. The first-order valence-corrected chi connectivity index (χ1v) is 7.98. The van der Waals surface area contributed by atoms with Gasteiger partial charge < -0.3 is 9.52 Å². The molecule has 2 aromatic heterocycles. The molecule has 6 heteroatoms. The Morgan fingerprint density at radius 3 is 2.64 bits per heavy atom. The van der Waals surface area contributed by atoms with Crippen molar-refractivity contribution in [3.63, 3.8) is 0 Å². The molecule has 0 radical (unpaired) electrons. The van der Waals surface area contributed by atoms with Crippen molar-refractivity contribution in [2.75, 3.05) is 0 Å². The van der Waals surface area contributed by atoms with Crippen molar-refractivity contribution in [3.05, 3.63) is 69.7 Å². The van der Waals surface area contributed by atoms with Crippen LogP contribution < -0.4 is 5.63 Å². The molecule has 0 spiro atoms. The van der Waals surface area contributed by atoms with Crippen molar-refractivity contribution in [1.82, 2.24) is 10.2 Å². The number of aromatic hydroxyl groups is 1. The van der Waals surface area contributed by atoms with Gasteiger partial charge in [-0.05, 0) is 36.2 Å². The number of fused-ring (bicyclic) bond motifs is 1. The van der Waals surface area contributed by atoms with Crippen LogP contribution in [0.1, 0.15) is 5.56 Å². The molecular weight excluding hydrogens is 340 g/mol. The molecule has 0 aliphatic rings. The third-order valence-corrected chi connectivity index (χ3v) is 4.38. The smallest absolute Gasteiger partial charge is 0.336 e. The van der Waals surface area contributed by atoms with E-state index in [4.69, 9.17) is 16.0 Å². The maximum Gasteiger partial charge on any atom is 0.336 e. The Morgan fingerprint density at radius 2 is 1.88 bits per heavy atom. The Bertz CT molecular complexity index is 1140. The summed E-state index contributed by atoms with van der Waals surface area (Å²) in [4.78, 5) is 11.5. The van der Waals surface area contributed by atoms with Crippen molar-refractivity contribution in [2.45, 2.75) is 6.92 Å². The number of aryl methyl sites for hydroxylation is 1. The van der Waals surface area contributed by atoms with E-state index in [9.17, 15) is 9.90 Å². The number of nitrogens with one attached hydrogen (secondary N) is 1. The monoisotopic (exact) mass is 352 g/mol. The zero-order valence-corrected chi connectivity index (χ0v) is 14.0. The van der Waals surface area contributed by atoms with E-state index in [1.807, 2.05) is 19.1 Å². The van der Waals surface area contributed by atoms with Crippen LogP contribution in [0.3, 0.4) is 0 Å². The quantitative estimate of drug-likeness (QED) is 0.520. The van der Waals surface area contributed by atoms with Gasteiger partial charge in [-0.2, -0.15) is 5.10 Å². The molecule has 0 aliphatic heterocycles. The highest BCUT2D eigenvalue weighted by atomic mass is 35.5. The summed E-state index contributed by atoms with van der Waals surface area (Å²) >= 11 is 5.95. The molecule has 0 aliphatic carbocycles. The number of hydrogen-bond donors (Lipinski definition) is 2. The summed E-state index contributed by atoms with van der Waals surface area (Å²) in [6.07, 6.45) is 1.69. The normalized spacial score (nSPS) is 11.1. The number of rotatable bonds is 2. The van der Waals surface area contributed by atoms with Crippen LogP contribution in [0.4, 0.5) is 0 Å². The standard InChI is InChI=1S/C19H13ClN2O3/c1-10-6-18(24)25-17-8-16(23)14(7-13(10)17)19-15(9-21-22-19)11-2-4-12(20)5-3-11/h2-9,23H,1H3,(H,21,22). The van der Waals surface area contributed by atoms with Crippen LogP contribution in [-0.2, 0) is 0 Å². The minimum absolute atomic E-state index is 0.000661. The van der Waals surface area contributed by atoms with Gasteiger partial charge in [0.25, 0.3) is 0 Å². The summed E-state index contributed by atoms with van der Waals surface area (Å²) < 4.78 is 5.17. The number of halogens is 1. The number of phenolic OH excluding ortho intramolecular Hbond substituents is 1. The Labute approximate surface area is 147 Å². The second-order valence-corrected chi connectivity index (χ2v) is 6.22. The molecule has 4 aromatic rings. The summed E-state index contributed by atoms with van der Waals surface area (Å²) in [5.74, 6) is 0.000661. The lowest BCUT2D eigenvalue weighted by atomic mass is 9.99. The lowest BCUT2D eigenvalue weighted by molar-refractivity contribution is 0.475. The third-order valence-electron chi connectivity index (χ3n) is 4.13. The molecule has 0 atom stereocenters. The Morgan fingerprint density at radius 1 is 1.12 bits per heavy atom. The molecule has 124 valence electrons. The van der Waals surface area contributed by atoms with E-state index in [0.29, 0.717) is 21.9 Å². The molecule has 0 unspecified atom stereocenters. The minimum atomic E-state index is -0.444. The van der Waals surface area contributed by atoms with Gasteiger partial charge >= 0.3 is 5.63 Å². The average Bonchev–Trinajstić information content (AvgIpc) is 3.04. The van der Waals surface area contributed by atoms with Gasteiger partial charge in [-0.1, -0.05) is 23.7 Å². The van der Waals surface area contributed by atoms with Gasteiger partial charge in [-0.3, -0.25) is 5.10 Å². The van der Waals surface area contributed by atoms with E-state index < -0.39 is 5.63 Å². The SMILES string of the molecule is Cc1cc(=O)oc2cc(O)c(-c3[nH]ncc3-c3ccc(Cl)cc3)cc12. The largest absolute Gasteiger partial charge is 0.507 e. The summed E-state index contributed by atoms with van der Waals surface area (Å²) in [7, 11) is 0. The van der Waals surface area contributed by atoms with Crippen LogP contribution in [0.25, 0.3) is 33.4 Å². The summed E-state index contributed by atoms with van der Waals surface area (Å²) in [5, 5.41) is 18.9. The van der Waals surface area contributed by atoms with Gasteiger partial charge in [0.2, 0.25) is 0 Å². The first-order chi connectivity index (χ1) is 12.0. The van der Waals surface area contributed by atoms with Gasteiger partial charge in [0.1, 0.15) is 11.3 Å². The number of hydrogen-bond acceptors (Lipinski definition) is 4. The van der Waals surface area contributed by atoms with Crippen molar-refractivity contribution in [3.8, 4) is 28.1 Å². The van der Waals surface area contributed by atoms with Crippen molar-refractivity contribution in [1.29, 1.82) is 0 Å². The number of nitrogens with zero attached hydrogens (tertiary/aromatic N) is 1. The van der Waals surface area contributed by atoms with Gasteiger partial charge in [0.15, 0.2) is 0 Å². The van der Waals surface area contributed by atoms with E-state index in [2.05, 4.69) is 10.2 Å². The summed E-state index contributed by atoms with van der Waals surface area (Å²) in [6, 6.07) is 12.0. The first kappa shape index (κ1) is 15.5. The van der Waals surface area contributed by atoms with E-state index in [0.717, 1.165) is 22.1 Å². The molecule has 2 N–H and O–H groups in total. The van der Waals surface area contributed by atoms with E-state index in [1.54, 1.807) is 24.4 Å². The Kier molecular flexibility index (Phi) is 3.58. The molecule has 25 heavy (non-hydrogen) atoms. The topological polar surface area (TPSA) is 79.1 Å². The maximum atomic E-state index is 11.5. The number of phenols is 1. The van der Waals surface area contributed by atoms with Crippen LogP contribution in [-0.4, -0.2) is 15.3 Å². The molecular formula is C19H13ClN2O3. The number of H-pyrrole nitrogens is 1. The molecule has 0 amide bonds. The molecule has 0 fully saturated rings. The highest BCUT2D eigenvalue weighted by molar-refractivity contribution is 6.30. The molecule has 0 bridgehead atoms. The summed E-state index contributed by atoms with van der Waals surface area (Å²) in [6.45, 7) is 1.83. The molecule has 4 rings (SSSR count). The number of aromatic amines is 1. The number of aromatic nitrogens is 2. The Hall–Kier alpha value is -3.05. The molecule has 2 heterocycles. The predicted octanol–water partition coefficient (Wildman–Crippen LogP) is 4.52. The average molecular weight is 353 g/mol. The highest BCUT2D eigenvalue weighted by Gasteiger charge is 2.16. The molecule has 5 nitrogen and oxygen atoms in total. The van der Waals surface area contributed by atoms with Crippen LogP contribution in [0.5, 0.6) is 5.75 Å². The molecule has 2 aromatic carbocycles.